The van der Waals surface area contributed by atoms with E-state index < -0.39 is 23.0 Å². The topological polar surface area (TPSA) is 117 Å². The molecule has 1 heterocycles. The van der Waals surface area contributed by atoms with Gasteiger partial charge in [0.2, 0.25) is 5.88 Å². The Morgan fingerprint density at radius 3 is 2.50 bits per heavy atom. The first-order valence-electron chi connectivity index (χ1n) is 9.11. The van der Waals surface area contributed by atoms with E-state index in [4.69, 9.17) is 11.6 Å². The first-order valence-corrected chi connectivity index (χ1v) is 9.49. The maximum atomic E-state index is 12.5. The molecule has 0 unspecified atom stereocenters. The summed E-state index contributed by atoms with van der Waals surface area (Å²) in [6.07, 6.45) is 0.200. The maximum absolute atomic E-state index is 12.5. The van der Waals surface area contributed by atoms with E-state index in [0.717, 1.165) is 10.1 Å². The van der Waals surface area contributed by atoms with E-state index in [-0.39, 0.29) is 28.3 Å². The number of carbonyl (C=O) groups is 1. The Hall–Kier alpha value is -3.65. The van der Waals surface area contributed by atoms with Crippen molar-refractivity contribution in [2.24, 2.45) is 5.10 Å². The molecule has 0 aliphatic rings. The van der Waals surface area contributed by atoms with Crippen LogP contribution in [0.5, 0.6) is 5.88 Å². The van der Waals surface area contributed by atoms with Gasteiger partial charge in [-0.05, 0) is 37.1 Å². The number of carbonyl (C=O) groups excluding carboxylic acids is 1. The van der Waals surface area contributed by atoms with Gasteiger partial charge in [0, 0.05) is 0 Å². The summed E-state index contributed by atoms with van der Waals surface area (Å²) < 4.78 is 0.993. The predicted octanol–water partition coefficient (Wildman–Crippen LogP) is 2.74. The van der Waals surface area contributed by atoms with Crippen molar-refractivity contribution in [2.45, 2.75) is 20.3 Å². The fourth-order valence-electron chi connectivity index (χ4n) is 2.96. The van der Waals surface area contributed by atoms with Gasteiger partial charge in [-0.2, -0.15) is 5.10 Å². The SMILES string of the molecule is CC/C(=N/NC(=O)c1ccccc1Cl)c1c(O)n(-c2ccccc2C)c(=O)[nH]c1=O. The van der Waals surface area contributed by atoms with E-state index in [1.165, 1.54) is 6.07 Å². The number of halogens is 1. The Morgan fingerprint density at radius 2 is 1.83 bits per heavy atom. The minimum absolute atomic E-state index is 0.0940. The normalized spacial score (nSPS) is 11.4. The van der Waals surface area contributed by atoms with Crippen molar-refractivity contribution in [2.75, 3.05) is 0 Å². The van der Waals surface area contributed by atoms with Crippen LogP contribution in [0.2, 0.25) is 5.02 Å². The summed E-state index contributed by atoms with van der Waals surface area (Å²) in [6.45, 7) is 3.47. The molecule has 8 nitrogen and oxygen atoms in total. The van der Waals surface area contributed by atoms with Crippen molar-refractivity contribution in [1.29, 1.82) is 0 Å². The fraction of sp³-hybridized carbons (Fsp3) is 0.143. The molecular formula is C21H19ClN4O4. The van der Waals surface area contributed by atoms with Crippen LogP contribution in [0, 0.1) is 6.92 Å². The molecule has 1 aromatic heterocycles. The quantitative estimate of drug-likeness (QED) is 0.429. The van der Waals surface area contributed by atoms with E-state index in [0.29, 0.717) is 5.69 Å². The Labute approximate surface area is 176 Å². The number of aromatic hydroxyl groups is 1. The summed E-state index contributed by atoms with van der Waals surface area (Å²) >= 11 is 6.01. The molecule has 1 amide bonds. The number of nitrogens with zero attached hydrogens (tertiary/aromatic N) is 2. The van der Waals surface area contributed by atoms with Crippen molar-refractivity contribution in [1.82, 2.24) is 15.0 Å². The maximum Gasteiger partial charge on any atom is 0.335 e. The largest absolute Gasteiger partial charge is 0.493 e. The number of H-pyrrole nitrogens is 1. The molecule has 154 valence electrons. The van der Waals surface area contributed by atoms with E-state index in [2.05, 4.69) is 15.5 Å². The van der Waals surface area contributed by atoms with Crippen LogP contribution in [0.25, 0.3) is 5.69 Å². The monoisotopic (exact) mass is 426 g/mol. The summed E-state index contributed by atoms with van der Waals surface area (Å²) in [7, 11) is 0. The van der Waals surface area contributed by atoms with Crippen molar-refractivity contribution in [3.8, 4) is 11.6 Å². The highest BCUT2D eigenvalue weighted by molar-refractivity contribution is 6.33. The highest BCUT2D eigenvalue weighted by Crippen LogP contribution is 2.20. The molecule has 0 bridgehead atoms. The van der Waals surface area contributed by atoms with Crippen LogP contribution < -0.4 is 16.7 Å². The van der Waals surface area contributed by atoms with Gasteiger partial charge >= 0.3 is 5.69 Å². The zero-order valence-electron chi connectivity index (χ0n) is 16.3. The number of nitrogens with one attached hydrogen (secondary N) is 2. The molecule has 0 radical (unpaired) electrons. The second-order valence-electron chi connectivity index (χ2n) is 6.41. The first kappa shape index (κ1) is 21.1. The van der Waals surface area contributed by atoms with E-state index in [9.17, 15) is 19.5 Å². The van der Waals surface area contributed by atoms with Gasteiger partial charge in [-0.1, -0.05) is 48.9 Å². The standard InChI is InChI=1S/C21H19ClN4O4/c1-3-15(24-25-18(27)13-9-5-6-10-14(13)22)17-19(28)23-21(30)26(20(17)29)16-11-7-4-8-12(16)2/h4-11,29H,3H2,1-2H3,(H,25,27)(H,23,28,30)/b24-15-. The average Bonchev–Trinajstić information content (AvgIpc) is 2.71. The lowest BCUT2D eigenvalue weighted by atomic mass is 10.1. The molecule has 0 aliphatic heterocycles. The summed E-state index contributed by atoms with van der Waals surface area (Å²) in [6, 6.07) is 13.3. The number of hydrogen-bond acceptors (Lipinski definition) is 5. The number of hydrogen-bond donors (Lipinski definition) is 3. The zero-order valence-corrected chi connectivity index (χ0v) is 17.0. The number of aryl methyl sites for hydroxylation is 1. The Morgan fingerprint density at radius 1 is 1.17 bits per heavy atom. The van der Waals surface area contributed by atoms with Gasteiger partial charge in [0.05, 0.1) is 22.0 Å². The number of para-hydroxylation sites is 1. The summed E-state index contributed by atoms with van der Waals surface area (Å²) in [4.78, 5) is 39.4. The summed E-state index contributed by atoms with van der Waals surface area (Å²) in [5.41, 5.74) is 1.97. The molecule has 0 atom stereocenters. The van der Waals surface area contributed by atoms with Crippen LogP contribution in [0.3, 0.4) is 0 Å². The third-order valence-electron chi connectivity index (χ3n) is 4.48. The van der Waals surface area contributed by atoms with Crippen molar-refractivity contribution < 1.29 is 9.90 Å². The molecule has 3 N–H and O–H groups in total. The summed E-state index contributed by atoms with van der Waals surface area (Å²) in [5.74, 6) is -1.14. The van der Waals surface area contributed by atoms with Crippen LogP contribution in [-0.2, 0) is 0 Å². The summed E-state index contributed by atoms with van der Waals surface area (Å²) in [5, 5.41) is 15.0. The van der Waals surface area contributed by atoms with Crippen molar-refractivity contribution in [3.05, 3.63) is 91.1 Å². The van der Waals surface area contributed by atoms with Gasteiger partial charge in [0.15, 0.2) is 0 Å². The molecule has 0 aliphatic carbocycles. The van der Waals surface area contributed by atoms with Gasteiger partial charge in [0.25, 0.3) is 11.5 Å². The van der Waals surface area contributed by atoms with Crippen LogP contribution in [0.4, 0.5) is 0 Å². The fourth-order valence-corrected chi connectivity index (χ4v) is 3.18. The van der Waals surface area contributed by atoms with Gasteiger partial charge in [-0.15, -0.1) is 0 Å². The van der Waals surface area contributed by atoms with Crippen LogP contribution in [-0.4, -0.2) is 26.3 Å². The number of aromatic amines is 1. The minimum Gasteiger partial charge on any atom is -0.493 e. The van der Waals surface area contributed by atoms with Crippen LogP contribution in [0.1, 0.15) is 34.8 Å². The van der Waals surface area contributed by atoms with E-state index >= 15 is 0 Å². The predicted molar refractivity (Wildman–Crippen MR) is 115 cm³/mol. The molecule has 30 heavy (non-hydrogen) atoms. The molecule has 0 saturated heterocycles. The molecule has 3 rings (SSSR count). The second kappa shape index (κ2) is 8.79. The lowest BCUT2D eigenvalue weighted by molar-refractivity contribution is 0.0955. The molecule has 0 saturated carbocycles. The number of amides is 1. The van der Waals surface area contributed by atoms with Crippen LogP contribution in [0.15, 0.2) is 63.2 Å². The van der Waals surface area contributed by atoms with Gasteiger partial charge in [0.1, 0.15) is 5.56 Å². The zero-order chi connectivity index (χ0) is 21.8. The van der Waals surface area contributed by atoms with E-state index in [1.807, 2.05) is 0 Å². The number of aromatic nitrogens is 2. The molecule has 9 heteroatoms. The number of hydrazone groups is 1. The Balaban J connectivity index is 2.08. The smallest absolute Gasteiger partial charge is 0.335 e. The highest BCUT2D eigenvalue weighted by Gasteiger charge is 2.20. The van der Waals surface area contributed by atoms with Crippen molar-refractivity contribution in [3.63, 3.8) is 0 Å². The minimum atomic E-state index is -0.810. The lowest BCUT2D eigenvalue weighted by Crippen LogP contribution is -2.34. The number of benzene rings is 2. The van der Waals surface area contributed by atoms with Gasteiger partial charge in [-0.25, -0.2) is 14.8 Å². The molecule has 0 spiro atoms. The Bertz CT molecular complexity index is 1260. The average molecular weight is 427 g/mol. The lowest BCUT2D eigenvalue weighted by Gasteiger charge is -2.14. The van der Waals surface area contributed by atoms with E-state index in [1.54, 1.807) is 56.3 Å². The molecule has 2 aromatic carbocycles. The molecular weight excluding hydrogens is 408 g/mol. The van der Waals surface area contributed by atoms with Crippen molar-refractivity contribution >= 4 is 23.2 Å². The number of rotatable bonds is 5. The highest BCUT2D eigenvalue weighted by atomic mass is 35.5. The molecule has 0 fully saturated rings. The van der Waals surface area contributed by atoms with Crippen LogP contribution >= 0.6 is 11.6 Å². The van der Waals surface area contributed by atoms with Gasteiger partial charge in [-0.3, -0.25) is 14.6 Å². The Kier molecular flexibility index (Phi) is 6.17. The third kappa shape index (κ3) is 4.04. The van der Waals surface area contributed by atoms with Gasteiger partial charge < -0.3 is 5.11 Å². The third-order valence-corrected chi connectivity index (χ3v) is 4.81. The first-order chi connectivity index (χ1) is 14.3. The molecule has 3 aromatic rings. The second-order valence-corrected chi connectivity index (χ2v) is 6.82.